The van der Waals surface area contributed by atoms with Crippen LogP contribution in [0, 0.1) is 10.8 Å². The normalized spacial score (nSPS) is 21.0. The Morgan fingerprint density at radius 3 is 2.33 bits per heavy atom. The number of nitrogen functional groups attached to an aromatic ring is 1. The molecule has 1 saturated carbocycles. The number of nitrogens with one attached hydrogen (secondary N) is 1. The first-order valence-electron chi connectivity index (χ1n) is 7.99. The molecule has 1 aliphatic carbocycles. The lowest BCUT2D eigenvalue weighted by atomic mass is 9.63. The second-order valence-corrected chi connectivity index (χ2v) is 7.98. The molecule has 2 rings (SSSR count). The van der Waals surface area contributed by atoms with E-state index in [4.69, 9.17) is 10.5 Å². The van der Waals surface area contributed by atoms with Crippen molar-refractivity contribution in [2.24, 2.45) is 10.8 Å². The molecule has 0 spiro atoms. The highest BCUT2D eigenvalue weighted by atomic mass is 16.5. The molecule has 0 saturated heterocycles. The summed E-state index contributed by atoms with van der Waals surface area (Å²) in [5.41, 5.74) is 8.55. The highest BCUT2D eigenvalue weighted by Crippen LogP contribution is 2.46. The van der Waals surface area contributed by atoms with Crippen molar-refractivity contribution in [1.82, 2.24) is 0 Å². The minimum absolute atomic E-state index is 0.377. The van der Waals surface area contributed by atoms with Crippen LogP contribution in [0.4, 0.5) is 11.4 Å². The molecule has 0 aromatic heterocycles. The third-order valence-electron chi connectivity index (χ3n) is 4.17. The SMILES string of the molecule is CCOc1cc(N)cc(NC2CC(C)(C)CC(C)(C)C2)c1. The van der Waals surface area contributed by atoms with E-state index in [0.29, 0.717) is 23.5 Å². The van der Waals surface area contributed by atoms with Crippen LogP contribution in [0.3, 0.4) is 0 Å². The zero-order valence-electron chi connectivity index (χ0n) is 14.1. The summed E-state index contributed by atoms with van der Waals surface area (Å²) in [4.78, 5) is 0. The average Bonchev–Trinajstić information content (AvgIpc) is 2.23. The molecule has 1 fully saturated rings. The first-order valence-corrected chi connectivity index (χ1v) is 7.99. The maximum atomic E-state index is 5.98. The fraction of sp³-hybridized carbons (Fsp3) is 0.667. The van der Waals surface area contributed by atoms with E-state index < -0.39 is 0 Å². The third-order valence-corrected chi connectivity index (χ3v) is 4.17. The molecule has 0 bridgehead atoms. The zero-order valence-corrected chi connectivity index (χ0v) is 14.1. The van der Waals surface area contributed by atoms with Crippen molar-refractivity contribution in [2.75, 3.05) is 17.7 Å². The van der Waals surface area contributed by atoms with Crippen LogP contribution in [-0.4, -0.2) is 12.6 Å². The molecule has 3 heteroatoms. The monoisotopic (exact) mass is 290 g/mol. The molecule has 3 N–H and O–H groups in total. The van der Waals surface area contributed by atoms with Crippen molar-refractivity contribution >= 4 is 11.4 Å². The summed E-state index contributed by atoms with van der Waals surface area (Å²) in [7, 11) is 0. The number of hydrogen-bond donors (Lipinski definition) is 2. The van der Waals surface area contributed by atoms with Crippen LogP contribution in [0.15, 0.2) is 18.2 Å². The van der Waals surface area contributed by atoms with E-state index in [1.165, 1.54) is 19.3 Å². The van der Waals surface area contributed by atoms with Gasteiger partial charge in [-0.3, -0.25) is 0 Å². The van der Waals surface area contributed by atoms with Crippen LogP contribution >= 0.6 is 0 Å². The fourth-order valence-electron chi connectivity index (χ4n) is 4.14. The van der Waals surface area contributed by atoms with Gasteiger partial charge in [0.05, 0.1) is 6.61 Å². The first-order chi connectivity index (χ1) is 9.69. The molecule has 0 atom stereocenters. The Bertz CT molecular complexity index is 478. The van der Waals surface area contributed by atoms with Crippen molar-refractivity contribution in [2.45, 2.75) is 59.9 Å². The third kappa shape index (κ3) is 4.55. The van der Waals surface area contributed by atoms with Gasteiger partial charge in [-0.15, -0.1) is 0 Å². The van der Waals surface area contributed by atoms with Crippen molar-refractivity contribution < 1.29 is 4.74 Å². The Balaban J connectivity index is 2.13. The van der Waals surface area contributed by atoms with Crippen LogP contribution in [0.2, 0.25) is 0 Å². The molecule has 1 aromatic rings. The number of benzene rings is 1. The van der Waals surface area contributed by atoms with Gasteiger partial charge in [0.2, 0.25) is 0 Å². The molecular formula is C18H30N2O. The molecule has 0 heterocycles. The number of hydrogen-bond acceptors (Lipinski definition) is 3. The smallest absolute Gasteiger partial charge is 0.123 e. The number of rotatable bonds is 4. The maximum Gasteiger partial charge on any atom is 0.123 e. The summed E-state index contributed by atoms with van der Waals surface area (Å²) in [6, 6.07) is 6.41. The van der Waals surface area contributed by atoms with Gasteiger partial charge in [-0.25, -0.2) is 0 Å². The van der Waals surface area contributed by atoms with Gasteiger partial charge in [-0.2, -0.15) is 0 Å². The molecule has 21 heavy (non-hydrogen) atoms. The number of anilines is 2. The minimum Gasteiger partial charge on any atom is -0.494 e. The summed E-state index contributed by atoms with van der Waals surface area (Å²) < 4.78 is 5.58. The van der Waals surface area contributed by atoms with Gasteiger partial charge in [0.1, 0.15) is 5.75 Å². The van der Waals surface area contributed by atoms with E-state index in [0.717, 1.165) is 17.1 Å². The summed E-state index contributed by atoms with van der Waals surface area (Å²) in [5, 5.41) is 3.67. The largest absolute Gasteiger partial charge is 0.494 e. The van der Waals surface area contributed by atoms with Crippen molar-refractivity contribution in [3.63, 3.8) is 0 Å². The van der Waals surface area contributed by atoms with E-state index in [1.54, 1.807) is 0 Å². The van der Waals surface area contributed by atoms with Crippen molar-refractivity contribution in [3.05, 3.63) is 18.2 Å². The highest BCUT2D eigenvalue weighted by molar-refractivity contribution is 5.59. The summed E-state index contributed by atoms with van der Waals surface area (Å²) >= 11 is 0. The lowest BCUT2D eigenvalue weighted by Gasteiger charge is -2.45. The standard InChI is InChI=1S/C18H30N2O/c1-6-21-16-8-13(19)7-14(9-16)20-15-10-17(2,3)12-18(4,5)11-15/h7-9,15,20H,6,10-12,19H2,1-5H3. The van der Waals surface area contributed by atoms with Crippen LogP contribution in [0.25, 0.3) is 0 Å². The molecule has 0 aliphatic heterocycles. The molecular weight excluding hydrogens is 260 g/mol. The summed E-state index contributed by atoms with van der Waals surface area (Å²) in [6.45, 7) is 12.1. The van der Waals surface area contributed by atoms with E-state index >= 15 is 0 Å². The molecule has 1 aromatic carbocycles. The van der Waals surface area contributed by atoms with Gasteiger partial charge in [0.25, 0.3) is 0 Å². The Morgan fingerprint density at radius 2 is 1.76 bits per heavy atom. The Hall–Kier alpha value is -1.38. The lowest BCUT2D eigenvalue weighted by Crippen LogP contribution is -2.40. The van der Waals surface area contributed by atoms with E-state index in [1.807, 2.05) is 19.1 Å². The number of ether oxygens (including phenoxy) is 1. The van der Waals surface area contributed by atoms with E-state index in [9.17, 15) is 0 Å². The van der Waals surface area contributed by atoms with Gasteiger partial charge in [-0.1, -0.05) is 27.7 Å². The van der Waals surface area contributed by atoms with Crippen LogP contribution in [-0.2, 0) is 0 Å². The molecule has 0 radical (unpaired) electrons. The second kappa shape index (κ2) is 5.78. The molecule has 0 unspecified atom stereocenters. The lowest BCUT2D eigenvalue weighted by molar-refractivity contribution is 0.105. The molecule has 1 aliphatic rings. The van der Waals surface area contributed by atoms with E-state index in [-0.39, 0.29) is 0 Å². The first kappa shape index (κ1) is 16.0. The van der Waals surface area contributed by atoms with Crippen LogP contribution < -0.4 is 15.8 Å². The van der Waals surface area contributed by atoms with Crippen LogP contribution in [0.1, 0.15) is 53.9 Å². The molecule has 0 amide bonds. The van der Waals surface area contributed by atoms with Gasteiger partial charge < -0.3 is 15.8 Å². The Labute approximate surface area is 129 Å². The van der Waals surface area contributed by atoms with Gasteiger partial charge in [0.15, 0.2) is 0 Å². The fourth-order valence-corrected chi connectivity index (χ4v) is 4.14. The highest BCUT2D eigenvalue weighted by Gasteiger charge is 2.38. The predicted octanol–water partition coefficient (Wildman–Crippen LogP) is 4.68. The number of nitrogens with two attached hydrogens (primary N) is 1. The Kier molecular flexibility index (Phi) is 4.40. The van der Waals surface area contributed by atoms with Gasteiger partial charge >= 0.3 is 0 Å². The Morgan fingerprint density at radius 1 is 1.14 bits per heavy atom. The van der Waals surface area contributed by atoms with Crippen LogP contribution in [0.5, 0.6) is 5.75 Å². The topological polar surface area (TPSA) is 47.3 Å². The van der Waals surface area contributed by atoms with Crippen molar-refractivity contribution in [1.29, 1.82) is 0 Å². The summed E-state index contributed by atoms with van der Waals surface area (Å²) in [6.07, 6.45) is 3.66. The predicted molar refractivity (Wildman–Crippen MR) is 90.8 cm³/mol. The van der Waals surface area contributed by atoms with Gasteiger partial charge in [-0.05, 0) is 43.1 Å². The molecule has 118 valence electrons. The second-order valence-electron chi connectivity index (χ2n) is 7.98. The van der Waals surface area contributed by atoms with E-state index in [2.05, 4.69) is 39.1 Å². The summed E-state index contributed by atoms with van der Waals surface area (Å²) in [5.74, 6) is 0.842. The maximum absolute atomic E-state index is 5.98. The molecule has 3 nitrogen and oxygen atoms in total. The quantitative estimate of drug-likeness (QED) is 0.791. The van der Waals surface area contributed by atoms with Gasteiger partial charge in [0, 0.05) is 29.5 Å². The van der Waals surface area contributed by atoms with Crippen molar-refractivity contribution in [3.8, 4) is 5.75 Å². The minimum atomic E-state index is 0.377. The zero-order chi connectivity index (χ0) is 15.7. The average molecular weight is 290 g/mol.